The highest BCUT2D eigenvalue weighted by Crippen LogP contribution is 2.20. The summed E-state index contributed by atoms with van der Waals surface area (Å²) >= 11 is 5.24. The van der Waals surface area contributed by atoms with Crippen molar-refractivity contribution in [1.29, 1.82) is 0 Å². The number of piperidine rings is 1. The van der Waals surface area contributed by atoms with Gasteiger partial charge in [0.05, 0.1) is 11.7 Å². The zero-order valence-corrected chi connectivity index (χ0v) is 17.4. The summed E-state index contributed by atoms with van der Waals surface area (Å²) in [6.07, 6.45) is 3.32. The molecule has 30 heavy (non-hydrogen) atoms. The third-order valence-electron chi connectivity index (χ3n) is 5.36. The molecule has 1 aliphatic heterocycles. The van der Waals surface area contributed by atoms with Crippen molar-refractivity contribution < 1.29 is 5.11 Å². The number of aromatic hydroxyl groups is 1. The summed E-state index contributed by atoms with van der Waals surface area (Å²) in [7, 11) is 0. The Bertz CT molecular complexity index is 1130. The zero-order chi connectivity index (χ0) is 20.9. The summed E-state index contributed by atoms with van der Waals surface area (Å²) in [6, 6.07) is 19.8. The molecule has 2 heterocycles. The van der Waals surface area contributed by atoms with Gasteiger partial charge in [0, 0.05) is 25.8 Å². The highest BCUT2D eigenvalue weighted by Gasteiger charge is 2.19. The van der Waals surface area contributed by atoms with Crippen LogP contribution in [-0.4, -0.2) is 44.9 Å². The lowest BCUT2D eigenvalue weighted by Gasteiger charge is -2.30. The van der Waals surface area contributed by atoms with Crippen LogP contribution in [0.3, 0.4) is 0 Å². The number of likely N-dealkylation sites (tertiary alicyclic amines) is 1. The third kappa shape index (κ3) is 4.58. The Morgan fingerprint density at radius 1 is 1.07 bits per heavy atom. The van der Waals surface area contributed by atoms with E-state index in [0.29, 0.717) is 5.69 Å². The maximum Gasteiger partial charge on any atom is 0.264 e. The molecule has 7 heteroatoms. The van der Waals surface area contributed by atoms with Crippen LogP contribution in [0.4, 0.5) is 0 Å². The van der Waals surface area contributed by atoms with Gasteiger partial charge in [-0.05, 0) is 42.8 Å². The second kappa shape index (κ2) is 9.19. The summed E-state index contributed by atoms with van der Waals surface area (Å²) in [4.78, 5) is 22.0. The van der Waals surface area contributed by atoms with Crippen molar-refractivity contribution in [2.24, 2.45) is 4.99 Å². The van der Waals surface area contributed by atoms with E-state index >= 15 is 0 Å². The van der Waals surface area contributed by atoms with E-state index in [1.54, 1.807) is 0 Å². The third-order valence-corrected chi connectivity index (χ3v) is 5.64. The molecule has 6 nitrogen and oxygen atoms in total. The van der Waals surface area contributed by atoms with Gasteiger partial charge in [-0.25, -0.2) is 0 Å². The van der Waals surface area contributed by atoms with Gasteiger partial charge in [0.15, 0.2) is 4.77 Å². The molecule has 4 rings (SSSR count). The quantitative estimate of drug-likeness (QED) is 0.488. The Labute approximate surface area is 180 Å². The molecule has 3 aromatic rings. The van der Waals surface area contributed by atoms with Gasteiger partial charge in [0.25, 0.3) is 5.56 Å². The van der Waals surface area contributed by atoms with Crippen LogP contribution >= 0.6 is 12.2 Å². The molecule has 154 valence electrons. The Hall–Kier alpha value is -3.03. The number of nitrogens with zero attached hydrogens (tertiary/aromatic N) is 3. The number of hydrogen-bond donors (Lipinski definition) is 2. The molecule has 2 N–H and O–H groups in total. The van der Waals surface area contributed by atoms with Crippen molar-refractivity contribution >= 4 is 18.4 Å². The minimum atomic E-state index is -0.435. The maximum absolute atomic E-state index is 12.4. The number of benzene rings is 2. The van der Waals surface area contributed by atoms with Crippen molar-refractivity contribution in [2.75, 3.05) is 13.1 Å². The summed E-state index contributed by atoms with van der Waals surface area (Å²) in [5, 5.41) is 10.7. The molecular formula is C23H24N4O2S. The van der Waals surface area contributed by atoms with Gasteiger partial charge < -0.3 is 5.11 Å². The molecule has 0 unspecified atom stereocenters. The maximum atomic E-state index is 12.4. The van der Waals surface area contributed by atoms with Crippen molar-refractivity contribution in [3.05, 3.63) is 86.9 Å². The molecule has 0 saturated carbocycles. The van der Waals surface area contributed by atoms with Crippen LogP contribution in [0.25, 0.3) is 5.69 Å². The number of H-pyrrole nitrogens is 1. The largest absolute Gasteiger partial charge is 0.494 e. The summed E-state index contributed by atoms with van der Waals surface area (Å²) in [6.45, 7) is 2.85. The van der Waals surface area contributed by atoms with Crippen LogP contribution in [0.5, 0.6) is 5.88 Å². The van der Waals surface area contributed by atoms with Gasteiger partial charge in [-0.15, -0.1) is 0 Å². The predicted molar refractivity (Wildman–Crippen MR) is 121 cm³/mol. The number of nitrogens with one attached hydrogen (secondary N) is 1. The van der Waals surface area contributed by atoms with E-state index in [0.717, 1.165) is 32.5 Å². The summed E-state index contributed by atoms with van der Waals surface area (Å²) < 4.78 is 1.59. The predicted octanol–water partition coefficient (Wildman–Crippen LogP) is 3.68. The van der Waals surface area contributed by atoms with Gasteiger partial charge in [-0.3, -0.25) is 24.2 Å². The number of para-hydroxylation sites is 1. The molecule has 0 radical (unpaired) electrons. The fraction of sp³-hybridized carbons (Fsp3) is 0.261. The van der Waals surface area contributed by atoms with Crippen LogP contribution < -0.4 is 5.56 Å². The molecule has 0 bridgehead atoms. The van der Waals surface area contributed by atoms with E-state index < -0.39 is 5.56 Å². The highest BCUT2D eigenvalue weighted by molar-refractivity contribution is 7.71. The van der Waals surface area contributed by atoms with E-state index in [9.17, 15) is 9.90 Å². The molecular weight excluding hydrogens is 396 g/mol. The lowest BCUT2D eigenvalue weighted by atomic mass is 10.0. The highest BCUT2D eigenvalue weighted by atomic mass is 32.1. The Morgan fingerprint density at radius 3 is 2.37 bits per heavy atom. The standard InChI is InChI=1S/C23H24N4O2S/c28-21-20(22(29)27(23(30)25-21)19-9-5-2-6-10-19)15-24-18-11-13-26(14-12-18)16-17-7-3-1-4-8-17/h1-10,15,18,29H,11-14,16H2,(H,25,28,30). The number of aromatic nitrogens is 2. The smallest absolute Gasteiger partial charge is 0.264 e. The van der Waals surface area contributed by atoms with Crippen LogP contribution in [0.15, 0.2) is 70.5 Å². The Balaban J connectivity index is 1.47. The minimum Gasteiger partial charge on any atom is -0.494 e. The van der Waals surface area contributed by atoms with Crippen LogP contribution in [0.1, 0.15) is 24.0 Å². The molecule has 0 aliphatic carbocycles. The second-order valence-electron chi connectivity index (χ2n) is 7.44. The van der Waals surface area contributed by atoms with E-state index in [1.807, 2.05) is 36.4 Å². The van der Waals surface area contributed by atoms with Gasteiger partial charge in [-0.2, -0.15) is 0 Å². The first-order valence-electron chi connectivity index (χ1n) is 10.0. The average Bonchev–Trinajstić information content (AvgIpc) is 2.76. The monoisotopic (exact) mass is 420 g/mol. The van der Waals surface area contributed by atoms with Gasteiger partial charge in [0.1, 0.15) is 5.56 Å². The molecule has 0 atom stereocenters. The van der Waals surface area contributed by atoms with E-state index in [4.69, 9.17) is 12.2 Å². The molecule has 1 saturated heterocycles. The Morgan fingerprint density at radius 2 is 1.70 bits per heavy atom. The van der Waals surface area contributed by atoms with Crippen molar-refractivity contribution in [1.82, 2.24) is 14.5 Å². The van der Waals surface area contributed by atoms with Crippen LogP contribution in [0, 0.1) is 4.77 Å². The van der Waals surface area contributed by atoms with Crippen molar-refractivity contribution in [2.45, 2.75) is 25.4 Å². The topological polar surface area (TPSA) is 73.6 Å². The van der Waals surface area contributed by atoms with Crippen LogP contribution in [0.2, 0.25) is 0 Å². The van der Waals surface area contributed by atoms with Crippen LogP contribution in [-0.2, 0) is 6.54 Å². The molecule has 1 fully saturated rings. The van der Waals surface area contributed by atoms with Crippen molar-refractivity contribution in [3.63, 3.8) is 0 Å². The SMILES string of the molecule is O=c1[nH]c(=S)n(-c2ccccc2)c(O)c1C=NC1CCN(Cc2ccccc2)CC1. The fourth-order valence-electron chi connectivity index (χ4n) is 3.72. The molecule has 0 amide bonds. The molecule has 0 spiro atoms. The Kier molecular flexibility index (Phi) is 6.21. The van der Waals surface area contributed by atoms with Gasteiger partial charge in [0.2, 0.25) is 5.88 Å². The first-order chi connectivity index (χ1) is 14.6. The summed E-state index contributed by atoms with van der Waals surface area (Å²) in [5.41, 5.74) is 1.68. The molecule has 2 aromatic carbocycles. The minimum absolute atomic E-state index is 0.124. The number of aromatic amines is 1. The second-order valence-corrected chi connectivity index (χ2v) is 7.83. The number of hydrogen-bond acceptors (Lipinski definition) is 5. The first kappa shape index (κ1) is 20.3. The number of aliphatic imine (C=N–C) groups is 1. The lowest BCUT2D eigenvalue weighted by Crippen LogP contribution is -2.34. The average molecular weight is 421 g/mol. The summed E-state index contributed by atoms with van der Waals surface area (Å²) in [5.74, 6) is -0.194. The fourth-order valence-corrected chi connectivity index (χ4v) is 4.00. The molecule has 1 aliphatic rings. The number of rotatable bonds is 5. The molecule has 1 aromatic heterocycles. The van der Waals surface area contributed by atoms with E-state index in [-0.39, 0.29) is 22.3 Å². The first-order valence-corrected chi connectivity index (χ1v) is 10.5. The van der Waals surface area contributed by atoms with E-state index in [2.05, 4.69) is 39.1 Å². The van der Waals surface area contributed by atoms with Gasteiger partial charge >= 0.3 is 0 Å². The van der Waals surface area contributed by atoms with Crippen molar-refractivity contribution in [3.8, 4) is 11.6 Å². The zero-order valence-electron chi connectivity index (χ0n) is 16.6. The van der Waals surface area contributed by atoms with E-state index in [1.165, 1.54) is 16.3 Å². The normalized spacial score (nSPS) is 15.6. The van der Waals surface area contributed by atoms with Gasteiger partial charge in [-0.1, -0.05) is 48.5 Å². The lowest BCUT2D eigenvalue weighted by molar-refractivity contribution is 0.206.